The molecule has 0 aliphatic carbocycles. The van der Waals surface area contributed by atoms with Gasteiger partial charge in [0.2, 0.25) is 0 Å². The van der Waals surface area contributed by atoms with Gasteiger partial charge in [-0.15, -0.1) is 0 Å². The largest absolute Gasteiger partial charge is 0.492 e. The lowest BCUT2D eigenvalue weighted by Crippen LogP contribution is -2.45. The van der Waals surface area contributed by atoms with Crippen LogP contribution in [0.15, 0.2) is 35.4 Å². The molecule has 0 aromatic carbocycles. The van der Waals surface area contributed by atoms with Gasteiger partial charge in [-0.05, 0) is 44.0 Å². The summed E-state index contributed by atoms with van der Waals surface area (Å²) in [5, 5.41) is 13.5. The van der Waals surface area contributed by atoms with E-state index in [1.807, 2.05) is 6.20 Å². The molecule has 0 amide bonds. The molecule has 6 rings (SSSR count). The van der Waals surface area contributed by atoms with Gasteiger partial charge in [0.25, 0.3) is 5.56 Å². The van der Waals surface area contributed by atoms with E-state index in [0.717, 1.165) is 69.7 Å². The van der Waals surface area contributed by atoms with Gasteiger partial charge in [-0.3, -0.25) is 14.8 Å². The summed E-state index contributed by atoms with van der Waals surface area (Å²) in [4.78, 5) is 22.2. The Morgan fingerprint density at radius 2 is 2.08 bits per heavy atom. The number of pyridine rings is 3. The first kappa shape index (κ1) is 24.6. The molecule has 2 unspecified atom stereocenters. The summed E-state index contributed by atoms with van der Waals surface area (Å²) in [5.74, 6) is 0.851. The van der Waals surface area contributed by atoms with Crippen molar-refractivity contribution in [3.8, 4) is 11.5 Å². The van der Waals surface area contributed by atoms with E-state index < -0.39 is 5.82 Å². The van der Waals surface area contributed by atoms with E-state index in [0.29, 0.717) is 30.1 Å². The third kappa shape index (κ3) is 5.35. The molecule has 1 saturated heterocycles. The van der Waals surface area contributed by atoms with Gasteiger partial charge in [0.15, 0.2) is 11.6 Å². The Bertz CT molecular complexity index is 1280. The SMILES string of the molecule is CN1CCC(O)C(CNCc2cc3c(cn2)OCCC3)C1.O=c1ccc2ncc(F)c3c2n1CCO3. The summed E-state index contributed by atoms with van der Waals surface area (Å²) in [7, 11) is 2.11. The van der Waals surface area contributed by atoms with Crippen LogP contribution in [0.25, 0.3) is 11.0 Å². The van der Waals surface area contributed by atoms with Crippen molar-refractivity contribution in [1.29, 1.82) is 0 Å². The van der Waals surface area contributed by atoms with Crippen LogP contribution in [-0.4, -0.2) is 70.5 Å². The van der Waals surface area contributed by atoms with Gasteiger partial charge in [-0.25, -0.2) is 4.39 Å². The van der Waals surface area contributed by atoms with Crippen LogP contribution in [-0.2, 0) is 19.5 Å². The van der Waals surface area contributed by atoms with E-state index in [-0.39, 0.29) is 17.4 Å². The maximum absolute atomic E-state index is 13.4. The topological polar surface area (TPSA) is 102 Å². The summed E-state index contributed by atoms with van der Waals surface area (Å²) < 4.78 is 25.6. The van der Waals surface area contributed by atoms with Crippen LogP contribution >= 0.6 is 0 Å². The Labute approximate surface area is 208 Å². The molecule has 192 valence electrons. The molecular formula is C26H32FN5O4. The molecule has 2 atom stereocenters. The number of halogens is 1. The highest BCUT2D eigenvalue weighted by molar-refractivity contribution is 5.81. The molecule has 0 saturated carbocycles. The van der Waals surface area contributed by atoms with Crippen LogP contribution in [0.5, 0.6) is 11.5 Å². The Kier molecular flexibility index (Phi) is 7.45. The Hall–Kier alpha value is -3.08. The van der Waals surface area contributed by atoms with Crippen molar-refractivity contribution in [2.45, 2.75) is 38.5 Å². The zero-order valence-corrected chi connectivity index (χ0v) is 20.5. The number of hydrogen-bond acceptors (Lipinski definition) is 8. The molecule has 6 heterocycles. The number of fused-ring (bicyclic) bond motifs is 1. The number of aryl methyl sites for hydroxylation is 1. The number of hydrogen-bond donors (Lipinski definition) is 2. The molecule has 3 aromatic rings. The zero-order chi connectivity index (χ0) is 25.1. The van der Waals surface area contributed by atoms with Crippen molar-refractivity contribution in [3.05, 3.63) is 58.0 Å². The Balaban J connectivity index is 0.000000156. The summed E-state index contributed by atoms with van der Waals surface area (Å²) in [6, 6.07) is 5.15. The second kappa shape index (κ2) is 10.9. The summed E-state index contributed by atoms with van der Waals surface area (Å²) >= 11 is 0. The molecule has 3 aliphatic rings. The molecular weight excluding hydrogens is 465 g/mol. The number of ether oxygens (including phenoxy) is 2. The predicted octanol–water partition coefficient (Wildman–Crippen LogP) is 1.74. The molecule has 36 heavy (non-hydrogen) atoms. The van der Waals surface area contributed by atoms with Crippen molar-refractivity contribution < 1.29 is 19.0 Å². The van der Waals surface area contributed by atoms with Crippen molar-refractivity contribution in [3.63, 3.8) is 0 Å². The molecule has 1 fully saturated rings. The Morgan fingerprint density at radius 3 is 2.97 bits per heavy atom. The number of aliphatic hydroxyl groups is 1. The standard InChI is InChI=1S/C16H25N3O2.C10H7FN2O2/c1-19-5-4-15(20)13(11-19)8-17-9-14-7-12-3-2-6-21-16(12)10-18-14;11-6-5-12-7-1-2-8(14)13-3-4-15-10(6)9(7)13/h7,10,13,15,17,20H,2-6,8-9,11H2,1H3;1-2,5H,3-4H2. The minimum Gasteiger partial charge on any atom is -0.492 e. The van der Waals surface area contributed by atoms with Crippen LogP contribution in [0.3, 0.4) is 0 Å². The van der Waals surface area contributed by atoms with E-state index in [1.54, 1.807) is 6.07 Å². The van der Waals surface area contributed by atoms with Crippen molar-refractivity contribution in [2.24, 2.45) is 5.92 Å². The molecule has 2 N–H and O–H groups in total. The fraction of sp³-hybridized carbons (Fsp3) is 0.500. The number of piperidine rings is 1. The second-order valence-corrected chi connectivity index (χ2v) is 9.59. The van der Waals surface area contributed by atoms with E-state index in [2.05, 4.69) is 33.3 Å². The average Bonchev–Trinajstić information content (AvgIpc) is 2.90. The lowest BCUT2D eigenvalue weighted by molar-refractivity contribution is 0.0364. The molecule has 3 aliphatic heterocycles. The lowest BCUT2D eigenvalue weighted by atomic mass is 9.95. The summed E-state index contributed by atoms with van der Waals surface area (Å²) in [5.41, 5.74) is 3.20. The molecule has 10 heteroatoms. The first-order valence-corrected chi connectivity index (χ1v) is 12.5. The van der Waals surface area contributed by atoms with Crippen LogP contribution in [0, 0.1) is 11.7 Å². The summed E-state index contributed by atoms with van der Waals surface area (Å²) in [6.45, 7) is 5.09. The van der Waals surface area contributed by atoms with Crippen LogP contribution in [0.1, 0.15) is 24.1 Å². The van der Waals surface area contributed by atoms with Crippen molar-refractivity contribution in [2.75, 3.05) is 39.9 Å². The van der Waals surface area contributed by atoms with Crippen LogP contribution in [0.4, 0.5) is 4.39 Å². The molecule has 0 spiro atoms. The number of aromatic nitrogens is 3. The number of likely N-dealkylation sites (tertiary alicyclic amines) is 1. The summed E-state index contributed by atoms with van der Waals surface area (Å²) in [6.07, 6.45) is 5.81. The lowest BCUT2D eigenvalue weighted by Gasteiger charge is -2.34. The van der Waals surface area contributed by atoms with Crippen LogP contribution < -0.4 is 20.3 Å². The van der Waals surface area contributed by atoms with E-state index in [9.17, 15) is 14.3 Å². The number of rotatable bonds is 4. The van der Waals surface area contributed by atoms with E-state index in [4.69, 9.17) is 9.47 Å². The first-order valence-electron chi connectivity index (χ1n) is 12.5. The van der Waals surface area contributed by atoms with Gasteiger partial charge in [-0.2, -0.15) is 0 Å². The normalized spacial score (nSPS) is 21.1. The fourth-order valence-electron chi connectivity index (χ4n) is 5.00. The number of aliphatic hydroxyl groups excluding tert-OH is 1. The van der Waals surface area contributed by atoms with Crippen LogP contribution in [0.2, 0.25) is 0 Å². The van der Waals surface area contributed by atoms with Gasteiger partial charge < -0.3 is 29.4 Å². The third-order valence-electron chi connectivity index (χ3n) is 6.94. The minimum atomic E-state index is -0.526. The van der Waals surface area contributed by atoms with E-state index >= 15 is 0 Å². The zero-order valence-electron chi connectivity index (χ0n) is 20.5. The fourth-order valence-corrected chi connectivity index (χ4v) is 5.00. The monoisotopic (exact) mass is 497 g/mol. The first-order chi connectivity index (χ1) is 17.5. The highest BCUT2D eigenvalue weighted by Crippen LogP contribution is 2.28. The smallest absolute Gasteiger partial charge is 0.251 e. The maximum atomic E-state index is 13.4. The van der Waals surface area contributed by atoms with Gasteiger partial charge >= 0.3 is 0 Å². The number of nitrogens with zero attached hydrogens (tertiary/aromatic N) is 4. The quantitative estimate of drug-likeness (QED) is 0.562. The number of nitrogens with one attached hydrogen (secondary N) is 1. The third-order valence-corrected chi connectivity index (χ3v) is 6.94. The highest BCUT2D eigenvalue weighted by Gasteiger charge is 2.25. The van der Waals surface area contributed by atoms with Crippen molar-refractivity contribution >= 4 is 11.0 Å². The predicted molar refractivity (Wildman–Crippen MR) is 133 cm³/mol. The second-order valence-electron chi connectivity index (χ2n) is 9.59. The van der Waals surface area contributed by atoms with Gasteiger partial charge in [0, 0.05) is 38.2 Å². The molecule has 3 aromatic heterocycles. The maximum Gasteiger partial charge on any atom is 0.251 e. The average molecular weight is 498 g/mol. The minimum absolute atomic E-state index is 0.129. The van der Waals surface area contributed by atoms with E-state index in [1.165, 1.54) is 16.2 Å². The van der Waals surface area contributed by atoms with Gasteiger partial charge in [0.05, 0.1) is 42.9 Å². The Morgan fingerprint density at radius 1 is 1.19 bits per heavy atom. The van der Waals surface area contributed by atoms with Gasteiger partial charge in [0.1, 0.15) is 17.9 Å². The van der Waals surface area contributed by atoms with Gasteiger partial charge in [-0.1, -0.05) is 0 Å². The highest BCUT2D eigenvalue weighted by atomic mass is 19.1. The van der Waals surface area contributed by atoms with Crippen molar-refractivity contribution in [1.82, 2.24) is 24.8 Å². The molecule has 0 radical (unpaired) electrons. The molecule has 0 bridgehead atoms. The molecule has 9 nitrogen and oxygen atoms in total.